The Hall–Kier alpha value is -1.28. The summed E-state index contributed by atoms with van der Waals surface area (Å²) in [5.41, 5.74) is 5.46. The number of rotatable bonds is 2. The van der Waals surface area contributed by atoms with E-state index in [0.717, 1.165) is 17.3 Å². The zero-order chi connectivity index (χ0) is 12.5. The Morgan fingerprint density at radius 2 is 1.72 bits per heavy atom. The lowest BCUT2D eigenvalue weighted by Gasteiger charge is -2.15. The molecule has 0 aromatic heterocycles. The fraction of sp³-hybridized carbons (Fsp3) is 0.250. The smallest absolute Gasteiger partial charge is 0.0489 e. The van der Waals surface area contributed by atoms with E-state index in [2.05, 4.69) is 70.6 Å². The van der Waals surface area contributed by atoms with Crippen LogP contribution in [-0.2, 0) is 12.8 Å². The molecule has 92 valence electrons. The Balaban J connectivity index is 1.78. The van der Waals surface area contributed by atoms with Crippen LogP contribution in [0.3, 0.4) is 0 Å². The van der Waals surface area contributed by atoms with Gasteiger partial charge in [0.2, 0.25) is 0 Å². The molecule has 0 saturated carbocycles. The summed E-state index contributed by atoms with van der Waals surface area (Å²) in [4.78, 5) is 0. The Morgan fingerprint density at radius 1 is 1.06 bits per heavy atom. The number of halogens is 1. The quantitative estimate of drug-likeness (QED) is 0.870. The number of fused-ring (bicyclic) bond motifs is 1. The zero-order valence-electron chi connectivity index (χ0n) is 10.4. The molecule has 2 aromatic carbocycles. The number of benzene rings is 2. The third kappa shape index (κ3) is 2.30. The predicted octanol–water partition coefficient (Wildman–Crippen LogP) is 4.34. The third-order valence-electron chi connectivity index (χ3n) is 3.53. The summed E-state index contributed by atoms with van der Waals surface area (Å²) in [5.74, 6) is 0. The van der Waals surface area contributed by atoms with E-state index in [9.17, 15) is 0 Å². The van der Waals surface area contributed by atoms with Gasteiger partial charge in [0, 0.05) is 16.2 Å². The molecule has 0 heterocycles. The van der Waals surface area contributed by atoms with E-state index in [4.69, 9.17) is 0 Å². The molecule has 18 heavy (non-hydrogen) atoms. The fourth-order valence-corrected chi connectivity index (χ4v) is 2.99. The van der Waals surface area contributed by atoms with Gasteiger partial charge in [0.25, 0.3) is 0 Å². The highest BCUT2D eigenvalue weighted by molar-refractivity contribution is 9.10. The lowest BCUT2D eigenvalue weighted by Crippen LogP contribution is -2.19. The molecule has 0 saturated heterocycles. The summed E-state index contributed by atoms with van der Waals surface area (Å²) < 4.78 is 1.14. The molecule has 0 radical (unpaired) electrons. The molecule has 2 heteroatoms. The fourth-order valence-electron chi connectivity index (χ4n) is 2.63. The standard InChI is InChI=1S/C16H16BrN/c1-11-6-7-15(17)16(8-11)18-14-9-12-4-2-3-5-13(12)10-14/h2-8,14,18H,9-10H2,1H3. The Morgan fingerprint density at radius 3 is 2.39 bits per heavy atom. The first-order valence-corrected chi connectivity index (χ1v) is 7.11. The highest BCUT2D eigenvalue weighted by Gasteiger charge is 2.21. The van der Waals surface area contributed by atoms with Crippen LogP contribution in [0.4, 0.5) is 5.69 Å². The summed E-state index contributed by atoms with van der Waals surface area (Å²) >= 11 is 3.61. The second kappa shape index (κ2) is 4.77. The van der Waals surface area contributed by atoms with E-state index in [1.165, 1.54) is 22.4 Å². The van der Waals surface area contributed by atoms with Gasteiger partial charge < -0.3 is 5.32 Å². The molecule has 0 fully saturated rings. The summed E-state index contributed by atoms with van der Waals surface area (Å²) in [6.07, 6.45) is 2.24. The van der Waals surface area contributed by atoms with Gasteiger partial charge in [0.1, 0.15) is 0 Å². The Bertz CT molecular complexity index is 552. The maximum Gasteiger partial charge on any atom is 0.0489 e. The minimum atomic E-state index is 0.514. The van der Waals surface area contributed by atoms with Gasteiger partial charge in [-0.15, -0.1) is 0 Å². The molecule has 0 bridgehead atoms. The molecule has 2 aromatic rings. The van der Waals surface area contributed by atoms with Crippen molar-refractivity contribution in [3.63, 3.8) is 0 Å². The van der Waals surface area contributed by atoms with Crippen molar-refractivity contribution in [2.75, 3.05) is 5.32 Å². The highest BCUT2D eigenvalue weighted by atomic mass is 79.9. The average Bonchev–Trinajstić information content (AvgIpc) is 2.76. The van der Waals surface area contributed by atoms with Crippen molar-refractivity contribution >= 4 is 21.6 Å². The first-order valence-electron chi connectivity index (χ1n) is 6.32. The first kappa shape index (κ1) is 11.8. The van der Waals surface area contributed by atoms with Gasteiger partial charge in [-0.2, -0.15) is 0 Å². The van der Waals surface area contributed by atoms with E-state index in [-0.39, 0.29) is 0 Å². The minimum Gasteiger partial charge on any atom is -0.381 e. The normalized spacial score (nSPS) is 14.6. The maximum absolute atomic E-state index is 3.65. The topological polar surface area (TPSA) is 12.0 Å². The van der Waals surface area contributed by atoms with Gasteiger partial charge in [-0.05, 0) is 64.5 Å². The molecule has 0 amide bonds. The number of nitrogens with one attached hydrogen (secondary N) is 1. The number of hydrogen-bond acceptors (Lipinski definition) is 1. The van der Waals surface area contributed by atoms with E-state index in [1.807, 2.05) is 0 Å². The minimum absolute atomic E-state index is 0.514. The van der Waals surface area contributed by atoms with Gasteiger partial charge >= 0.3 is 0 Å². The lowest BCUT2D eigenvalue weighted by molar-refractivity contribution is 0.773. The van der Waals surface area contributed by atoms with Crippen molar-refractivity contribution in [1.29, 1.82) is 0 Å². The zero-order valence-corrected chi connectivity index (χ0v) is 12.0. The van der Waals surface area contributed by atoms with E-state index >= 15 is 0 Å². The molecule has 0 atom stereocenters. The molecule has 1 N–H and O–H groups in total. The van der Waals surface area contributed by atoms with Crippen LogP contribution in [0.25, 0.3) is 0 Å². The van der Waals surface area contributed by atoms with Crippen LogP contribution in [0, 0.1) is 6.92 Å². The number of anilines is 1. The van der Waals surface area contributed by atoms with Gasteiger partial charge in [-0.25, -0.2) is 0 Å². The van der Waals surface area contributed by atoms with Crippen LogP contribution in [-0.4, -0.2) is 6.04 Å². The van der Waals surface area contributed by atoms with E-state index < -0.39 is 0 Å². The predicted molar refractivity (Wildman–Crippen MR) is 80.1 cm³/mol. The van der Waals surface area contributed by atoms with Gasteiger partial charge in [-0.3, -0.25) is 0 Å². The average molecular weight is 302 g/mol. The van der Waals surface area contributed by atoms with Crippen LogP contribution < -0.4 is 5.32 Å². The molecule has 1 aliphatic rings. The molecule has 1 nitrogen and oxygen atoms in total. The van der Waals surface area contributed by atoms with Crippen molar-refractivity contribution in [2.24, 2.45) is 0 Å². The largest absolute Gasteiger partial charge is 0.381 e. The van der Waals surface area contributed by atoms with Crippen LogP contribution in [0.2, 0.25) is 0 Å². The molecule has 1 aliphatic carbocycles. The molecule has 3 rings (SSSR count). The lowest BCUT2D eigenvalue weighted by atomic mass is 10.1. The van der Waals surface area contributed by atoms with Gasteiger partial charge in [0.05, 0.1) is 0 Å². The molecule has 0 unspecified atom stereocenters. The van der Waals surface area contributed by atoms with Crippen molar-refractivity contribution in [3.05, 3.63) is 63.6 Å². The first-order chi connectivity index (χ1) is 8.72. The number of hydrogen-bond donors (Lipinski definition) is 1. The molecular weight excluding hydrogens is 286 g/mol. The summed E-state index contributed by atoms with van der Waals surface area (Å²) in [6, 6.07) is 15.7. The van der Waals surface area contributed by atoms with Crippen molar-refractivity contribution < 1.29 is 0 Å². The van der Waals surface area contributed by atoms with E-state index in [0.29, 0.717) is 6.04 Å². The molecular formula is C16H16BrN. The van der Waals surface area contributed by atoms with Crippen molar-refractivity contribution in [2.45, 2.75) is 25.8 Å². The maximum atomic E-state index is 3.65. The van der Waals surface area contributed by atoms with Gasteiger partial charge in [-0.1, -0.05) is 30.3 Å². The highest BCUT2D eigenvalue weighted by Crippen LogP contribution is 2.28. The van der Waals surface area contributed by atoms with Crippen LogP contribution in [0.5, 0.6) is 0 Å². The Kier molecular flexibility index (Phi) is 3.13. The SMILES string of the molecule is Cc1ccc(Br)c(NC2Cc3ccccc3C2)c1. The summed E-state index contributed by atoms with van der Waals surface area (Å²) in [6.45, 7) is 2.13. The van der Waals surface area contributed by atoms with E-state index in [1.54, 1.807) is 0 Å². The molecule has 0 spiro atoms. The summed E-state index contributed by atoms with van der Waals surface area (Å²) in [7, 11) is 0. The monoisotopic (exact) mass is 301 g/mol. The second-order valence-electron chi connectivity index (χ2n) is 5.00. The summed E-state index contributed by atoms with van der Waals surface area (Å²) in [5, 5.41) is 3.65. The Labute approximate surface area is 116 Å². The third-order valence-corrected chi connectivity index (χ3v) is 4.22. The van der Waals surface area contributed by atoms with Crippen LogP contribution >= 0.6 is 15.9 Å². The van der Waals surface area contributed by atoms with Crippen LogP contribution in [0.15, 0.2) is 46.9 Å². The van der Waals surface area contributed by atoms with Crippen LogP contribution in [0.1, 0.15) is 16.7 Å². The number of aryl methyl sites for hydroxylation is 1. The van der Waals surface area contributed by atoms with Crippen molar-refractivity contribution in [3.8, 4) is 0 Å². The van der Waals surface area contributed by atoms with Gasteiger partial charge in [0.15, 0.2) is 0 Å². The molecule has 0 aliphatic heterocycles. The second-order valence-corrected chi connectivity index (χ2v) is 5.86. The van der Waals surface area contributed by atoms with Crippen molar-refractivity contribution in [1.82, 2.24) is 0 Å².